The molecule has 0 bridgehead atoms. The molecule has 154 valence electrons. The number of pyridine rings is 1. The fraction of sp³-hybridized carbons (Fsp3) is 0.409. The summed E-state index contributed by atoms with van der Waals surface area (Å²) >= 11 is 0. The van der Waals surface area contributed by atoms with Gasteiger partial charge in [-0.1, -0.05) is 19.1 Å². The number of H-pyrrole nitrogens is 1. The van der Waals surface area contributed by atoms with Gasteiger partial charge in [-0.2, -0.15) is 0 Å². The number of aliphatic imine (C=N–C) groups is 1. The molecule has 0 saturated carbocycles. The van der Waals surface area contributed by atoms with Gasteiger partial charge in [0, 0.05) is 44.4 Å². The van der Waals surface area contributed by atoms with Crippen LogP contribution in [-0.2, 0) is 24.8 Å². The second-order valence-electron chi connectivity index (χ2n) is 7.13. The Morgan fingerprint density at radius 2 is 2.21 bits per heavy atom. The van der Waals surface area contributed by atoms with Gasteiger partial charge in [-0.05, 0) is 31.1 Å². The quantitative estimate of drug-likeness (QED) is 0.577. The van der Waals surface area contributed by atoms with Crippen LogP contribution in [0, 0.1) is 0 Å². The van der Waals surface area contributed by atoms with Crippen LogP contribution >= 0.6 is 0 Å². The van der Waals surface area contributed by atoms with Crippen molar-refractivity contribution in [2.75, 3.05) is 7.11 Å². The van der Waals surface area contributed by atoms with E-state index in [0.717, 1.165) is 24.2 Å². The van der Waals surface area contributed by atoms with Crippen molar-refractivity contribution in [2.24, 2.45) is 12.0 Å². The predicted molar refractivity (Wildman–Crippen MR) is 117 cm³/mol. The highest BCUT2D eigenvalue weighted by molar-refractivity contribution is 5.80. The Bertz CT molecular complexity index is 1120. The number of fused-ring (bicyclic) bond motifs is 1. The maximum absolute atomic E-state index is 13.0. The number of hydrogen-bond acceptors (Lipinski definition) is 4. The van der Waals surface area contributed by atoms with E-state index in [1.165, 1.54) is 10.7 Å². The van der Waals surface area contributed by atoms with Crippen molar-refractivity contribution in [1.29, 1.82) is 0 Å². The maximum Gasteiger partial charge on any atom is 0.275 e. The Kier molecular flexibility index (Phi) is 6.36. The fourth-order valence-corrected chi connectivity index (χ4v) is 3.61. The Hall–Kier alpha value is -3.09. The molecule has 0 spiro atoms. The van der Waals surface area contributed by atoms with Gasteiger partial charge in [0.05, 0.1) is 29.8 Å². The lowest BCUT2D eigenvalue weighted by Gasteiger charge is -2.19. The van der Waals surface area contributed by atoms with E-state index in [4.69, 9.17) is 4.74 Å². The van der Waals surface area contributed by atoms with Gasteiger partial charge in [-0.15, -0.1) is 0 Å². The van der Waals surface area contributed by atoms with E-state index in [1.807, 2.05) is 38.2 Å². The molecule has 2 aromatic rings. The zero-order valence-corrected chi connectivity index (χ0v) is 17.4. The second-order valence-corrected chi connectivity index (χ2v) is 7.13. The molecule has 29 heavy (non-hydrogen) atoms. The van der Waals surface area contributed by atoms with Gasteiger partial charge in [0.25, 0.3) is 11.1 Å². The Balaban J connectivity index is 2.15. The molecule has 1 atom stereocenters. The molecule has 2 aromatic heterocycles. The average molecular weight is 396 g/mol. The number of aromatic nitrogens is 3. The lowest BCUT2D eigenvalue weighted by atomic mass is 10.0. The normalized spacial score (nSPS) is 17.3. The molecule has 1 N–H and O–H groups in total. The Labute approximate surface area is 169 Å². The molecule has 1 aliphatic heterocycles. The van der Waals surface area contributed by atoms with Crippen LogP contribution in [-0.4, -0.2) is 33.7 Å². The Morgan fingerprint density at radius 3 is 2.83 bits per heavy atom. The highest BCUT2D eigenvalue weighted by atomic mass is 16.5. The summed E-state index contributed by atoms with van der Waals surface area (Å²) in [4.78, 5) is 30.3. The van der Waals surface area contributed by atoms with Crippen molar-refractivity contribution < 1.29 is 4.74 Å². The first-order chi connectivity index (χ1) is 14.0. The zero-order valence-electron chi connectivity index (χ0n) is 17.4. The minimum Gasteiger partial charge on any atom is -0.501 e. The van der Waals surface area contributed by atoms with E-state index in [2.05, 4.69) is 10.1 Å². The number of nitrogens with one attached hydrogen (secondary N) is 1. The molecule has 7 heteroatoms. The lowest BCUT2D eigenvalue weighted by molar-refractivity contribution is 0.280. The fourth-order valence-electron chi connectivity index (χ4n) is 3.61. The molecular formula is C22H28N4O3. The standard InChI is InChI=1S/C22H28N4O3/c1-5-15(11-17(6-2)29-4)12-19-21-18(24-25(3)22(21)28)13-20(27)26(19)14-16-9-7-8-10-23-16/h5,7-8,10-11,13,16,24H,6,9,12,14H2,1-4H3/b15-5+,17-11+. The van der Waals surface area contributed by atoms with Gasteiger partial charge in [0.2, 0.25) is 0 Å². The molecule has 1 unspecified atom stereocenters. The summed E-state index contributed by atoms with van der Waals surface area (Å²) in [5, 5.41) is 3.53. The van der Waals surface area contributed by atoms with Crippen LogP contribution in [0.5, 0.6) is 0 Å². The summed E-state index contributed by atoms with van der Waals surface area (Å²) in [5.74, 6) is 0.850. The maximum atomic E-state index is 13.0. The van der Waals surface area contributed by atoms with E-state index < -0.39 is 0 Å². The third-order valence-corrected chi connectivity index (χ3v) is 5.24. The van der Waals surface area contributed by atoms with E-state index in [1.54, 1.807) is 24.9 Å². The van der Waals surface area contributed by atoms with Gasteiger partial charge >= 0.3 is 0 Å². The lowest BCUT2D eigenvalue weighted by Crippen LogP contribution is -2.30. The van der Waals surface area contributed by atoms with Crippen molar-refractivity contribution in [1.82, 2.24) is 14.3 Å². The summed E-state index contributed by atoms with van der Waals surface area (Å²) < 4.78 is 8.53. The topological polar surface area (TPSA) is 81.4 Å². The predicted octanol–water partition coefficient (Wildman–Crippen LogP) is 2.86. The highest BCUT2D eigenvalue weighted by Crippen LogP contribution is 2.20. The van der Waals surface area contributed by atoms with Crippen molar-refractivity contribution in [2.45, 2.75) is 45.7 Å². The summed E-state index contributed by atoms with van der Waals surface area (Å²) in [6.45, 7) is 4.41. The van der Waals surface area contributed by atoms with Crippen molar-refractivity contribution in [3.63, 3.8) is 0 Å². The largest absolute Gasteiger partial charge is 0.501 e. The van der Waals surface area contributed by atoms with E-state index >= 15 is 0 Å². The number of ether oxygens (including phenoxy) is 1. The van der Waals surface area contributed by atoms with Crippen LogP contribution in [0.4, 0.5) is 0 Å². The van der Waals surface area contributed by atoms with Gasteiger partial charge < -0.3 is 9.30 Å². The molecule has 3 rings (SSSR count). The minimum atomic E-state index is -0.141. The number of rotatable bonds is 7. The average Bonchev–Trinajstić information content (AvgIpc) is 3.01. The van der Waals surface area contributed by atoms with Gasteiger partial charge in [0.15, 0.2) is 0 Å². The van der Waals surface area contributed by atoms with Crippen LogP contribution in [0.1, 0.15) is 32.4 Å². The summed E-state index contributed by atoms with van der Waals surface area (Å²) in [6, 6.07) is 1.48. The summed E-state index contributed by atoms with van der Waals surface area (Å²) in [7, 11) is 3.31. The molecule has 0 fully saturated rings. The van der Waals surface area contributed by atoms with Crippen LogP contribution in [0.25, 0.3) is 10.9 Å². The van der Waals surface area contributed by atoms with Crippen LogP contribution in [0.15, 0.2) is 56.3 Å². The number of aromatic amines is 1. The molecule has 0 radical (unpaired) electrons. The minimum absolute atomic E-state index is 0.0218. The molecule has 0 aromatic carbocycles. The molecule has 7 nitrogen and oxygen atoms in total. The van der Waals surface area contributed by atoms with Crippen molar-refractivity contribution in [3.8, 4) is 0 Å². The highest BCUT2D eigenvalue weighted by Gasteiger charge is 2.19. The first-order valence-corrected chi connectivity index (χ1v) is 9.87. The van der Waals surface area contributed by atoms with Gasteiger partial charge in [-0.25, -0.2) is 0 Å². The van der Waals surface area contributed by atoms with Gasteiger partial charge in [0.1, 0.15) is 0 Å². The number of allylic oxidation sites excluding steroid dienone is 5. The molecular weight excluding hydrogens is 368 g/mol. The monoisotopic (exact) mass is 396 g/mol. The number of hydrogen-bond donors (Lipinski definition) is 1. The third-order valence-electron chi connectivity index (χ3n) is 5.24. The number of aryl methyl sites for hydroxylation is 1. The molecule has 1 aliphatic rings. The first-order valence-electron chi connectivity index (χ1n) is 9.87. The van der Waals surface area contributed by atoms with Crippen LogP contribution in [0.3, 0.4) is 0 Å². The second kappa shape index (κ2) is 8.94. The molecule has 0 aliphatic carbocycles. The van der Waals surface area contributed by atoms with Crippen LogP contribution in [0.2, 0.25) is 0 Å². The third kappa shape index (κ3) is 4.34. The van der Waals surface area contributed by atoms with Gasteiger partial charge in [-0.3, -0.25) is 24.4 Å². The van der Waals surface area contributed by atoms with Crippen LogP contribution < -0.4 is 11.1 Å². The van der Waals surface area contributed by atoms with E-state index in [0.29, 0.717) is 29.6 Å². The van der Waals surface area contributed by atoms with Crippen molar-refractivity contribution in [3.05, 3.63) is 68.1 Å². The molecule has 3 heterocycles. The number of dihydropyridines is 1. The van der Waals surface area contributed by atoms with E-state index in [-0.39, 0.29) is 17.2 Å². The number of methoxy groups -OCH3 is 1. The first kappa shape index (κ1) is 20.6. The van der Waals surface area contributed by atoms with E-state index in [9.17, 15) is 9.59 Å². The summed E-state index contributed by atoms with van der Waals surface area (Å²) in [6.07, 6.45) is 11.7. The smallest absolute Gasteiger partial charge is 0.275 e. The number of nitrogens with zero attached hydrogens (tertiary/aromatic N) is 3. The molecule has 0 saturated heterocycles. The molecule has 0 amide bonds. The SMILES string of the molecule is C/C=C(\C=C(/CC)OC)Cc1c2c(=O)n(C)[nH]c2cc(=O)n1CC1CC=CC=N1. The zero-order chi connectivity index (χ0) is 21.0. The Morgan fingerprint density at radius 1 is 1.41 bits per heavy atom. The summed E-state index contributed by atoms with van der Waals surface area (Å²) in [5.41, 5.74) is 1.97. The van der Waals surface area contributed by atoms with Crippen molar-refractivity contribution >= 4 is 17.1 Å².